The maximum atomic E-state index is 6.16. The van der Waals surface area contributed by atoms with Crippen molar-refractivity contribution in [2.45, 2.75) is 25.9 Å². The first-order valence-corrected chi connectivity index (χ1v) is 12.1. The van der Waals surface area contributed by atoms with E-state index in [9.17, 15) is 0 Å². The molecule has 1 saturated heterocycles. The Morgan fingerprint density at radius 2 is 1.92 bits per heavy atom. The number of nitrogens with zero attached hydrogens (tertiary/aromatic N) is 4. The van der Waals surface area contributed by atoms with Gasteiger partial charge in [-0.3, -0.25) is 0 Å². The topological polar surface area (TPSA) is 83.3 Å². The Bertz CT molecular complexity index is 1540. The van der Waals surface area contributed by atoms with Crippen molar-refractivity contribution in [1.82, 2.24) is 19.5 Å². The molecule has 36 heavy (non-hydrogen) atoms. The third kappa shape index (κ3) is 4.55. The number of imidazole rings is 1. The van der Waals surface area contributed by atoms with Gasteiger partial charge >= 0.3 is 0 Å². The van der Waals surface area contributed by atoms with Gasteiger partial charge in [0, 0.05) is 30.8 Å². The van der Waals surface area contributed by atoms with E-state index in [0.29, 0.717) is 6.61 Å². The fourth-order valence-corrected chi connectivity index (χ4v) is 4.47. The van der Waals surface area contributed by atoms with Gasteiger partial charge in [-0.25, -0.2) is 15.0 Å². The van der Waals surface area contributed by atoms with Gasteiger partial charge in [0.1, 0.15) is 36.0 Å². The Morgan fingerprint density at radius 3 is 2.78 bits per heavy atom. The van der Waals surface area contributed by atoms with Crippen LogP contribution >= 0.6 is 0 Å². The highest BCUT2D eigenvalue weighted by molar-refractivity contribution is 5.91. The molecule has 0 aliphatic carbocycles. The van der Waals surface area contributed by atoms with Crippen LogP contribution in [0, 0.1) is 6.92 Å². The van der Waals surface area contributed by atoms with Crippen molar-refractivity contribution >= 4 is 33.4 Å². The van der Waals surface area contributed by atoms with E-state index in [1.807, 2.05) is 73.1 Å². The monoisotopic (exact) mass is 481 g/mol. The van der Waals surface area contributed by atoms with E-state index in [-0.39, 0.29) is 6.10 Å². The number of benzene rings is 3. The summed E-state index contributed by atoms with van der Waals surface area (Å²) in [6, 6.07) is 17.8. The van der Waals surface area contributed by atoms with Crippen molar-refractivity contribution in [3.63, 3.8) is 0 Å². The molecule has 0 radical (unpaired) electrons. The predicted molar refractivity (Wildman–Crippen MR) is 139 cm³/mol. The van der Waals surface area contributed by atoms with E-state index in [0.717, 1.165) is 75.7 Å². The Kier molecular flexibility index (Phi) is 5.87. The zero-order chi connectivity index (χ0) is 24.5. The maximum absolute atomic E-state index is 6.16. The molecule has 0 amide bonds. The van der Waals surface area contributed by atoms with Gasteiger partial charge in [0.05, 0.1) is 29.0 Å². The number of fused-ring (bicyclic) bond motifs is 2. The van der Waals surface area contributed by atoms with E-state index < -0.39 is 0 Å². The highest BCUT2D eigenvalue weighted by atomic mass is 16.5. The standard InChI is InChI=1S/C28H27N5O3/c1-18-12-19(5-10-27(18)36-21-7-9-26-25(14-21)31-17-33(26)2)32-28-23-13-20(6-8-24(23)29-16-30-28)35-15-22-4-3-11-34-22/h5-10,12-14,16-17,22H,3-4,11,15H2,1-2H3,(H,29,30,32). The summed E-state index contributed by atoms with van der Waals surface area (Å²) in [6.45, 7) is 3.39. The van der Waals surface area contributed by atoms with Crippen molar-refractivity contribution in [2.75, 3.05) is 18.5 Å². The number of ether oxygens (including phenoxy) is 3. The van der Waals surface area contributed by atoms with Gasteiger partial charge in [0.25, 0.3) is 0 Å². The Balaban J connectivity index is 1.20. The summed E-state index contributed by atoms with van der Waals surface area (Å²) in [7, 11) is 1.98. The number of anilines is 2. The van der Waals surface area contributed by atoms with Crippen LogP contribution in [0.4, 0.5) is 11.5 Å². The summed E-state index contributed by atoms with van der Waals surface area (Å²) in [5.41, 5.74) is 4.72. The third-order valence-electron chi connectivity index (χ3n) is 6.43. The minimum Gasteiger partial charge on any atom is -0.491 e. The van der Waals surface area contributed by atoms with Gasteiger partial charge in [-0.2, -0.15) is 0 Å². The van der Waals surface area contributed by atoms with Gasteiger partial charge < -0.3 is 24.1 Å². The van der Waals surface area contributed by atoms with Crippen LogP contribution in [0.5, 0.6) is 17.2 Å². The molecule has 3 heterocycles. The minimum absolute atomic E-state index is 0.167. The number of nitrogens with one attached hydrogen (secondary N) is 1. The molecular formula is C28H27N5O3. The Morgan fingerprint density at radius 1 is 1.00 bits per heavy atom. The van der Waals surface area contributed by atoms with Crippen molar-refractivity contribution in [3.8, 4) is 17.2 Å². The lowest BCUT2D eigenvalue weighted by Crippen LogP contribution is -2.16. The van der Waals surface area contributed by atoms with Crippen LogP contribution in [-0.4, -0.2) is 38.8 Å². The molecule has 182 valence electrons. The van der Waals surface area contributed by atoms with Gasteiger partial charge in [0.15, 0.2) is 0 Å². The Labute approximate surface area is 208 Å². The van der Waals surface area contributed by atoms with Crippen molar-refractivity contribution in [3.05, 3.63) is 72.8 Å². The summed E-state index contributed by atoms with van der Waals surface area (Å²) < 4.78 is 19.8. The smallest absolute Gasteiger partial charge is 0.141 e. The van der Waals surface area contributed by atoms with Crippen LogP contribution < -0.4 is 14.8 Å². The number of hydrogen-bond acceptors (Lipinski definition) is 7. The average molecular weight is 482 g/mol. The second-order valence-corrected chi connectivity index (χ2v) is 9.06. The van der Waals surface area contributed by atoms with E-state index in [2.05, 4.69) is 20.3 Å². The molecule has 5 aromatic rings. The van der Waals surface area contributed by atoms with Crippen molar-refractivity contribution in [1.29, 1.82) is 0 Å². The second kappa shape index (κ2) is 9.47. The largest absolute Gasteiger partial charge is 0.491 e. The first-order chi connectivity index (χ1) is 17.6. The average Bonchev–Trinajstić information content (AvgIpc) is 3.54. The van der Waals surface area contributed by atoms with Gasteiger partial charge in [-0.15, -0.1) is 0 Å². The quantitative estimate of drug-likeness (QED) is 0.309. The lowest BCUT2D eigenvalue weighted by Gasteiger charge is -2.14. The van der Waals surface area contributed by atoms with E-state index in [4.69, 9.17) is 14.2 Å². The first kappa shape index (κ1) is 22.3. The van der Waals surface area contributed by atoms with Gasteiger partial charge in [-0.05, 0) is 73.9 Å². The molecular weight excluding hydrogens is 454 g/mol. The highest BCUT2D eigenvalue weighted by Gasteiger charge is 2.16. The molecule has 1 atom stereocenters. The van der Waals surface area contributed by atoms with Crippen LogP contribution in [0.1, 0.15) is 18.4 Å². The zero-order valence-corrected chi connectivity index (χ0v) is 20.3. The number of aryl methyl sites for hydroxylation is 2. The summed E-state index contributed by atoms with van der Waals surface area (Å²) >= 11 is 0. The summed E-state index contributed by atoms with van der Waals surface area (Å²) in [5, 5.41) is 4.32. The second-order valence-electron chi connectivity index (χ2n) is 9.06. The molecule has 3 aromatic carbocycles. The number of aromatic nitrogens is 4. The molecule has 2 aromatic heterocycles. The van der Waals surface area contributed by atoms with Crippen molar-refractivity contribution in [2.24, 2.45) is 7.05 Å². The third-order valence-corrected chi connectivity index (χ3v) is 6.43. The van der Waals surface area contributed by atoms with Crippen LogP contribution in [-0.2, 0) is 11.8 Å². The molecule has 0 bridgehead atoms. The molecule has 8 nitrogen and oxygen atoms in total. The SMILES string of the molecule is Cc1cc(Nc2ncnc3ccc(OCC4CCCO4)cc23)ccc1Oc1ccc2c(c1)ncn2C. The molecule has 1 N–H and O–H groups in total. The lowest BCUT2D eigenvalue weighted by molar-refractivity contribution is 0.0680. The fourth-order valence-electron chi connectivity index (χ4n) is 4.47. The normalized spacial score (nSPS) is 15.4. The zero-order valence-electron chi connectivity index (χ0n) is 20.3. The van der Waals surface area contributed by atoms with Crippen LogP contribution in [0.3, 0.4) is 0 Å². The fraction of sp³-hybridized carbons (Fsp3) is 0.250. The summed E-state index contributed by atoms with van der Waals surface area (Å²) in [6.07, 6.45) is 5.67. The van der Waals surface area contributed by atoms with E-state index in [1.165, 1.54) is 0 Å². The van der Waals surface area contributed by atoms with Crippen molar-refractivity contribution < 1.29 is 14.2 Å². The van der Waals surface area contributed by atoms with Gasteiger partial charge in [0.2, 0.25) is 0 Å². The lowest BCUT2D eigenvalue weighted by atomic mass is 10.2. The van der Waals surface area contributed by atoms with E-state index >= 15 is 0 Å². The molecule has 1 unspecified atom stereocenters. The summed E-state index contributed by atoms with van der Waals surface area (Å²) in [5.74, 6) is 3.03. The molecule has 0 spiro atoms. The van der Waals surface area contributed by atoms with Gasteiger partial charge in [-0.1, -0.05) is 0 Å². The molecule has 8 heteroatoms. The number of hydrogen-bond donors (Lipinski definition) is 1. The minimum atomic E-state index is 0.167. The Hall–Kier alpha value is -4.17. The van der Waals surface area contributed by atoms with E-state index in [1.54, 1.807) is 12.7 Å². The molecule has 0 saturated carbocycles. The van der Waals surface area contributed by atoms with Crippen LogP contribution in [0.15, 0.2) is 67.3 Å². The maximum Gasteiger partial charge on any atom is 0.141 e. The molecule has 1 aliphatic rings. The highest BCUT2D eigenvalue weighted by Crippen LogP contribution is 2.32. The molecule has 1 aliphatic heterocycles. The van der Waals surface area contributed by atoms with Crippen LogP contribution in [0.25, 0.3) is 21.9 Å². The first-order valence-electron chi connectivity index (χ1n) is 12.1. The predicted octanol–water partition coefficient (Wildman–Crippen LogP) is 5.92. The molecule has 6 rings (SSSR count). The molecule has 1 fully saturated rings. The number of rotatable bonds is 7. The summed E-state index contributed by atoms with van der Waals surface area (Å²) in [4.78, 5) is 13.3. The van der Waals surface area contributed by atoms with Crippen LogP contribution in [0.2, 0.25) is 0 Å².